The number of nitrogens with one attached hydrogen (secondary N) is 2. The summed E-state index contributed by atoms with van der Waals surface area (Å²) in [6.07, 6.45) is 0.407. The summed E-state index contributed by atoms with van der Waals surface area (Å²) in [5, 5.41) is 2.54. The summed E-state index contributed by atoms with van der Waals surface area (Å²) in [4.78, 5) is 28.9. The number of nitrogen functional groups attached to an aromatic ring is 1. The molecule has 74 valence electrons. The number of rotatable bonds is 0. The van der Waals surface area contributed by atoms with Crippen molar-refractivity contribution in [2.24, 2.45) is 5.92 Å². The van der Waals surface area contributed by atoms with Gasteiger partial charge >= 0.3 is 0 Å². The van der Waals surface area contributed by atoms with E-state index in [1.54, 1.807) is 6.92 Å². The van der Waals surface area contributed by atoms with E-state index in [0.29, 0.717) is 12.0 Å². The van der Waals surface area contributed by atoms with Crippen molar-refractivity contribution in [1.82, 2.24) is 9.97 Å². The average Bonchev–Trinajstić information content (AvgIpc) is 2.08. The average molecular weight is 194 g/mol. The summed E-state index contributed by atoms with van der Waals surface area (Å²) in [5.41, 5.74) is 5.56. The van der Waals surface area contributed by atoms with Crippen molar-refractivity contribution in [2.75, 3.05) is 11.1 Å². The minimum atomic E-state index is -0.278. The Labute approximate surface area is 79.5 Å². The molecule has 1 unspecified atom stereocenters. The first-order chi connectivity index (χ1) is 6.58. The zero-order chi connectivity index (χ0) is 10.3. The molecule has 4 N–H and O–H groups in total. The van der Waals surface area contributed by atoms with E-state index in [4.69, 9.17) is 5.73 Å². The number of H-pyrrole nitrogens is 1. The number of nitrogens with two attached hydrogens (primary N) is 1. The Morgan fingerprint density at radius 2 is 2.21 bits per heavy atom. The van der Waals surface area contributed by atoms with Crippen LogP contribution in [0.4, 0.5) is 11.8 Å². The zero-order valence-corrected chi connectivity index (χ0v) is 7.63. The molecule has 0 fully saturated rings. The van der Waals surface area contributed by atoms with Crippen molar-refractivity contribution in [3.63, 3.8) is 0 Å². The van der Waals surface area contributed by atoms with Gasteiger partial charge in [-0.3, -0.25) is 14.6 Å². The Balaban J connectivity index is 2.57. The molecule has 1 aliphatic rings. The van der Waals surface area contributed by atoms with Crippen LogP contribution in [-0.2, 0) is 11.2 Å². The van der Waals surface area contributed by atoms with Gasteiger partial charge in [0, 0.05) is 5.92 Å². The summed E-state index contributed by atoms with van der Waals surface area (Å²) in [5.74, 6) is -0.0259. The molecular weight excluding hydrogens is 184 g/mol. The number of carbonyl (C=O) groups is 1. The zero-order valence-electron chi connectivity index (χ0n) is 7.63. The molecule has 1 atom stereocenters. The van der Waals surface area contributed by atoms with Crippen LogP contribution in [0.15, 0.2) is 4.79 Å². The fourth-order valence-electron chi connectivity index (χ4n) is 1.45. The molecule has 1 aromatic heterocycles. The van der Waals surface area contributed by atoms with E-state index < -0.39 is 0 Å². The highest BCUT2D eigenvalue weighted by molar-refractivity contribution is 5.94. The number of fused-ring (bicyclic) bond motifs is 1. The quantitative estimate of drug-likeness (QED) is 0.517. The molecule has 0 bridgehead atoms. The van der Waals surface area contributed by atoms with Crippen molar-refractivity contribution < 1.29 is 4.79 Å². The predicted octanol–water partition coefficient (Wildman–Crippen LogP) is -0.517. The largest absolute Gasteiger partial charge is 0.369 e. The molecule has 0 aromatic carbocycles. The van der Waals surface area contributed by atoms with Gasteiger partial charge in [-0.25, -0.2) is 0 Å². The number of hydrogen-bond acceptors (Lipinski definition) is 4. The summed E-state index contributed by atoms with van der Waals surface area (Å²) in [6, 6.07) is 0. The van der Waals surface area contributed by atoms with Crippen molar-refractivity contribution in [2.45, 2.75) is 13.3 Å². The number of aromatic amines is 1. The van der Waals surface area contributed by atoms with Crippen LogP contribution >= 0.6 is 0 Å². The molecule has 0 spiro atoms. The first-order valence-corrected chi connectivity index (χ1v) is 4.27. The third kappa shape index (κ3) is 1.24. The van der Waals surface area contributed by atoms with Crippen LogP contribution in [0.25, 0.3) is 0 Å². The molecule has 2 rings (SSSR count). The Bertz CT molecular complexity index is 451. The molecular formula is C8H10N4O2. The Kier molecular flexibility index (Phi) is 1.77. The molecule has 0 radical (unpaired) electrons. The van der Waals surface area contributed by atoms with Gasteiger partial charge in [-0.2, -0.15) is 4.98 Å². The predicted molar refractivity (Wildman–Crippen MR) is 50.8 cm³/mol. The summed E-state index contributed by atoms with van der Waals surface area (Å²) in [7, 11) is 0. The second-order valence-corrected chi connectivity index (χ2v) is 3.37. The molecule has 1 amide bonds. The molecule has 1 aromatic rings. The third-order valence-corrected chi connectivity index (χ3v) is 2.23. The lowest BCUT2D eigenvalue weighted by atomic mass is 9.98. The summed E-state index contributed by atoms with van der Waals surface area (Å²) < 4.78 is 0. The lowest BCUT2D eigenvalue weighted by molar-refractivity contribution is -0.119. The fourth-order valence-corrected chi connectivity index (χ4v) is 1.45. The standard InChI is InChI=1S/C8H10N4O2/c1-3-2-4-5(10-6(3)13)11-8(9)12-7(4)14/h3H,2H2,1H3,(H4,9,10,11,12,13,14). The van der Waals surface area contributed by atoms with Gasteiger partial charge in [-0.05, 0) is 6.42 Å². The van der Waals surface area contributed by atoms with E-state index in [-0.39, 0.29) is 29.2 Å². The minimum absolute atomic E-state index is 0.0172. The Morgan fingerprint density at radius 3 is 2.93 bits per heavy atom. The van der Waals surface area contributed by atoms with Crippen molar-refractivity contribution in [3.8, 4) is 0 Å². The SMILES string of the molecule is CC1Cc2c(nc(N)[nH]c2=O)NC1=O. The number of aromatic nitrogens is 2. The fraction of sp³-hybridized carbons (Fsp3) is 0.375. The Hall–Kier alpha value is -1.85. The van der Waals surface area contributed by atoms with E-state index in [1.807, 2.05) is 0 Å². The van der Waals surface area contributed by atoms with Gasteiger partial charge in [0.25, 0.3) is 5.56 Å². The molecule has 6 nitrogen and oxygen atoms in total. The van der Waals surface area contributed by atoms with Crippen LogP contribution in [0, 0.1) is 5.92 Å². The van der Waals surface area contributed by atoms with Crippen LogP contribution < -0.4 is 16.6 Å². The van der Waals surface area contributed by atoms with Gasteiger partial charge in [-0.15, -0.1) is 0 Å². The van der Waals surface area contributed by atoms with Gasteiger partial charge in [0.2, 0.25) is 11.9 Å². The van der Waals surface area contributed by atoms with E-state index in [2.05, 4.69) is 15.3 Å². The highest BCUT2D eigenvalue weighted by atomic mass is 16.2. The van der Waals surface area contributed by atoms with E-state index in [0.717, 1.165) is 0 Å². The summed E-state index contributed by atoms with van der Waals surface area (Å²) in [6.45, 7) is 1.76. The van der Waals surface area contributed by atoms with Crippen molar-refractivity contribution in [3.05, 3.63) is 15.9 Å². The minimum Gasteiger partial charge on any atom is -0.369 e. The van der Waals surface area contributed by atoms with Gasteiger partial charge in [0.15, 0.2) is 0 Å². The van der Waals surface area contributed by atoms with Gasteiger partial charge in [-0.1, -0.05) is 6.92 Å². The highest BCUT2D eigenvalue weighted by Gasteiger charge is 2.25. The molecule has 0 saturated carbocycles. The van der Waals surface area contributed by atoms with E-state index in [1.165, 1.54) is 0 Å². The molecule has 2 heterocycles. The monoisotopic (exact) mass is 194 g/mol. The molecule has 0 saturated heterocycles. The van der Waals surface area contributed by atoms with Crippen molar-refractivity contribution >= 4 is 17.7 Å². The first-order valence-electron chi connectivity index (χ1n) is 4.27. The number of amides is 1. The smallest absolute Gasteiger partial charge is 0.257 e. The molecule has 0 aliphatic carbocycles. The Morgan fingerprint density at radius 1 is 1.50 bits per heavy atom. The number of nitrogens with zero attached hydrogens (tertiary/aromatic N) is 1. The van der Waals surface area contributed by atoms with Crippen LogP contribution in [0.2, 0.25) is 0 Å². The third-order valence-electron chi connectivity index (χ3n) is 2.23. The van der Waals surface area contributed by atoms with Gasteiger partial charge in [0.05, 0.1) is 5.56 Å². The van der Waals surface area contributed by atoms with Crippen LogP contribution in [0.1, 0.15) is 12.5 Å². The van der Waals surface area contributed by atoms with Crippen molar-refractivity contribution in [1.29, 1.82) is 0 Å². The van der Waals surface area contributed by atoms with Crippen LogP contribution in [0.3, 0.4) is 0 Å². The lowest BCUT2D eigenvalue weighted by Gasteiger charge is -2.19. The van der Waals surface area contributed by atoms with Gasteiger partial charge in [0.1, 0.15) is 5.82 Å². The second kappa shape index (κ2) is 2.83. The molecule has 6 heteroatoms. The van der Waals surface area contributed by atoms with Gasteiger partial charge < -0.3 is 11.1 Å². The van der Waals surface area contributed by atoms with E-state index in [9.17, 15) is 9.59 Å². The normalized spacial score (nSPS) is 20.1. The topological polar surface area (TPSA) is 101 Å². The number of hydrogen-bond donors (Lipinski definition) is 3. The lowest BCUT2D eigenvalue weighted by Crippen LogP contribution is -2.33. The summed E-state index contributed by atoms with van der Waals surface area (Å²) >= 11 is 0. The maximum absolute atomic E-state index is 11.4. The second-order valence-electron chi connectivity index (χ2n) is 3.37. The van der Waals surface area contributed by atoms with Crippen LogP contribution in [0.5, 0.6) is 0 Å². The highest BCUT2D eigenvalue weighted by Crippen LogP contribution is 2.20. The number of carbonyl (C=O) groups excluding carboxylic acids is 1. The van der Waals surface area contributed by atoms with Crippen LogP contribution in [-0.4, -0.2) is 15.9 Å². The molecule has 1 aliphatic heterocycles. The molecule has 14 heavy (non-hydrogen) atoms. The number of anilines is 2. The maximum atomic E-state index is 11.4. The van der Waals surface area contributed by atoms with E-state index >= 15 is 0 Å². The first kappa shape index (κ1) is 8.74. The maximum Gasteiger partial charge on any atom is 0.257 e.